The molecule has 0 radical (unpaired) electrons. The molecule has 1 rings (SSSR count). The van der Waals surface area contributed by atoms with E-state index >= 15 is 0 Å². The first-order valence-corrected chi connectivity index (χ1v) is 7.31. The number of hydrogen-bond acceptors (Lipinski definition) is 3. The number of alkyl halides is 3. The number of anilines is 1. The highest BCUT2D eigenvalue weighted by molar-refractivity contribution is 9.39. The van der Waals surface area contributed by atoms with Gasteiger partial charge in [0.1, 0.15) is 12.9 Å². The summed E-state index contributed by atoms with van der Waals surface area (Å²) in [5.74, 6) is 0. The van der Waals surface area contributed by atoms with Gasteiger partial charge in [-0.3, -0.25) is 4.90 Å². The second-order valence-corrected chi connectivity index (χ2v) is 10.5. The van der Waals surface area contributed by atoms with Gasteiger partial charge in [-0.1, -0.05) is 66.0 Å². The van der Waals surface area contributed by atoms with Crippen LogP contribution in [0.25, 0.3) is 0 Å². The van der Waals surface area contributed by atoms with Crippen LogP contribution in [-0.4, -0.2) is 27.7 Å². The van der Waals surface area contributed by atoms with Crippen molar-refractivity contribution in [2.75, 3.05) is 18.1 Å². The first-order valence-electron chi connectivity index (χ1n) is 4.94. The lowest BCUT2D eigenvalue weighted by Crippen LogP contribution is -2.34. The first kappa shape index (κ1) is 15.7. The Kier molecular flexibility index (Phi) is 6.31. The molecule has 0 heterocycles. The zero-order valence-electron chi connectivity index (χ0n) is 9.18. The lowest BCUT2D eigenvalue weighted by atomic mass is 10.3. The SMILES string of the molecule is O=CCN(C(=O)OCC(Br)(Br)Br)c1ccccc1. The zero-order valence-corrected chi connectivity index (χ0v) is 13.9. The highest BCUT2D eigenvalue weighted by atomic mass is 80.0. The first-order chi connectivity index (χ1) is 8.44. The van der Waals surface area contributed by atoms with E-state index in [1.807, 2.05) is 6.07 Å². The molecule has 0 spiro atoms. The molecular weight excluding hydrogens is 434 g/mol. The average Bonchev–Trinajstić information content (AvgIpc) is 2.33. The molecule has 0 aliphatic rings. The van der Waals surface area contributed by atoms with E-state index < -0.39 is 8.24 Å². The molecule has 0 aliphatic heterocycles. The predicted octanol–water partition coefficient (Wildman–Crippen LogP) is 3.67. The molecule has 1 amide bonds. The number of amides is 1. The fourth-order valence-electron chi connectivity index (χ4n) is 1.19. The van der Waals surface area contributed by atoms with Crippen LogP contribution in [0.5, 0.6) is 0 Å². The van der Waals surface area contributed by atoms with Crippen molar-refractivity contribution in [3.63, 3.8) is 0 Å². The lowest BCUT2D eigenvalue weighted by molar-refractivity contribution is -0.106. The smallest absolute Gasteiger partial charge is 0.414 e. The molecule has 0 aromatic heterocycles. The fraction of sp³-hybridized carbons (Fsp3) is 0.273. The number of aldehydes is 1. The lowest BCUT2D eigenvalue weighted by Gasteiger charge is -2.21. The molecule has 0 aliphatic carbocycles. The summed E-state index contributed by atoms with van der Waals surface area (Å²) < 4.78 is 4.40. The van der Waals surface area contributed by atoms with E-state index in [1.165, 1.54) is 4.90 Å². The number of ether oxygens (including phenoxy) is 1. The van der Waals surface area contributed by atoms with Gasteiger partial charge in [-0.25, -0.2) is 4.79 Å². The minimum atomic E-state index is -0.661. The average molecular weight is 444 g/mol. The number of carbonyl (C=O) groups excluding carboxylic acids is 2. The van der Waals surface area contributed by atoms with Crippen molar-refractivity contribution < 1.29 is 14.3 Å². The Morgan fingerprint density at radius 1 is 1.28 bits per heavy atom. The Morgan fingerprint density at radius 3 is 2.39 bits per heavy atom. The fourth-order valence-corrected chi connectivity index (χ4v) is 1.53. The van der Waals surface area contributed by atoms with Gasteiger partial charge in [0.2, 0.25) is 0 Å². The van der Waals surface area contributed by atoms with E-state index in [1.54, 1.807) is 24.3 Å². The maximum absolute atomic E-state index is 11.9. The number of para-hydroxylation sites is 1. The molecule has 0 atom stereocenters. The number of hydrogen-bond donors (Lipinski definition) is 0. The van der Waals surface area contributed by atoms with Crippen LogP contribution in [0.3, 0.4) is 0 Å². The predicted molar refractivity (Wildman–Crippen MR) is 80.7 cm³/mol. The van der Waals surface area contributed by atoms with Crippen LogP contribution in [0.4, 0.5) is 10.5 Å². The second kappa shape index (κ2) is 7.25. The molecule has 18 heavy (non-hydrogen) atoms. The van der Waals surface area contributed by atoms with Crippen molar-refractivity contribution in [3.8, 4) is 0 Å². The molecule has 4 nitrogen and oxygen atoms in total. The van der Waals surface area contributed by atoms with Crippen molar-refractivity contribution in [2.45, 2.75) is 2.14 Å². The normalized spacial score (nSPS) is 10.8. The van der Waals surface area contributed by atoms with E-state index in [2.05, 4.69) is 47.8 Å². The standard InChI is InChI=1S/C11H10Br3NO3/c12-11(13,14)8-18-10(17)15(6-7-16)9-4-2-1-3-5-9/h1-5,7H,6,8H2. The van der Waals surface area contributed by atoms with Gasteiger partial charge >= 0.3 is 6.09 Å². The van der Waals surface area contributed by atoms with Crippen LogP contribution >= 0.6 is 47.8 Å². The zero-order chi connectivity index (χ0) is 13.6. The molecule has 1 aromatic carbocycles. The number of halogens is 3. The van der Waals surface area contributed by atoms with E-state index in [4.69, 9.17) is 4.74 Å². The van der Waals surface area contributed by atoms with Gasteiger partial charge < -0.3 is 9.53 Å². The van der Waals surface area contributed by atoms with E-state index in [-0.39, 0.29) is 13.2 Å². The Bertz CT molecular complexity index is 406. The minimum absolute atomic E-state index is 0.0529. The number of rotatable bonds is 4. The molecule has 0 unspecified atom stereocenters. The van der Waals surface area contributed by atoms with Gasteiger partial charge in [0.05, 0.1) is 6.54 Å². The van der Waals surface area contributed by atoms with Gasteiger partial charge in [0, 0.05) is 5.69 Å². The highest BCUT2D eigenvalue weighted by Crippen LogP contribution is 2.33. The van der Waals surface area contributed by atoms with Crippen molar-refractivity contribution >= 4 is 65.9 Å². The molecular formula is C11H10Br3NO3. The van der Waals surface area contributed by atoms with Gasteiger partial charge in [0.25, 0.3) is 0 Å². The molecule has 0 N–H and O–H groups in total. The van der Waals surface area contributed by atoms with Crippen molar-refractivity contribution in [3.05, 3.63) is 30.3 Å². The van der Waals surface area contributed by atoms with Gasteiger partial charge in [-0.15, -0.1) is 0 Å². The van der Waals surface area contributed by atoms with Crippen LogP contribution in [-0.2, 0) is 9.53 Å². The monoisotopic (exact) mass is 441 g/mol. The number of nitrogens with zero attached hydrogens (tertiary/aromatic N) is 1. The third-order valence-corrected chi connectivity index (χ3v) is 2.59. The summed E-state index contributed by atoms with van der Waals surface area (Å²) in [6.45, 7) is 0.0106. The number of carbonyl (C=O) groups is 2. The van der Waals surface area contributed by atoms with Crippen molar-refractivity contribution in [1.29, 1.82) is 0 Å². The summed E-state index contributed by atoms with van der Waals surface area (Å²) in [6.07, 6.45) is 0.0637. The Morgan fingerprint density at radius 2 is 1.89 bits per heavy atom. The topological polar surface area (TPSA) is 46.6 Å². The number of benzene rings is 1. The maximum Gasteiger partial charge on any atom is 0.414 e. The summed E-state index contributed by atoms with van der Waals surface area (Å²) in [7, 11) is 0. The van der Waals surface area contributed by atoms with Crippen molar-refractivity contribution in [1.82, 2.24) is 0 Å². The van der Waals surface area contributed by atoms with Crippen LogP contribution in [0.2, 0.25) is 0 Å². The summed E-state index contributed by atoms with van der Waals surface area (Å²) >= 11 is 9.66. The molecule has 0 saturated carbocycles. The molecule has 7 heteroatoms. The van der Waals surface area contributed by atoms with Crippen LogP contribution in [0.15, 0.2) is 30.3 Å². The summed E-state index contributed by atoms with van der Waals surface area (Å²) in [5.41, 5.74) is 0.610. The molecule has 1 aromatic rings. The van der Waals surface area contributed by atoms with Crippen molar-refractivity contribution in [2.24, 2.45) is 0 Å². The second-order valence-electron chi connectivity index (χ2n) is 3.28. The van der Waals surface area contributed by atoms with Gasteiger partial charge in [-0.05, 0) is 12.1 Å². The van der Waals surface area contributed by atoms with Crippen LogP contribution < -0.4 is 4.90 Å². The van der Waals surface area contributed by atoms with Gasteiger partial charge in [0.15, 0.2) is 2.14 Å². The van der Waals surface area contributed by atoms with Crippen LogP contribution in [0.1, 0.15) is 0 Å². The Hall–Kier alpha value is -0.400. The largest absolute Gasteiger partial charge is 0.446 e. The molecule has 0 fully saturated rings. The highest BCUT2D eigenvalue weighted by Gasteiger charge is 2.23. The van der Waals surface area contributed by atoms with E-state index in [9.17, 15) is 9.59 Å². The quantitative estimate of drug-likeness (QED) is 0.527. The summed E-state index contributed by atoms with van der Waals surface area (Å²) in [5, 5.41) is 0. The molecule has 98 valence electrons. The third kappa shape index (κ3) is 5.49. The third-order valence-electron chi connectivity index (χ3n) is 1.90. The maximum atomic E-state index is 11.9. The molecule has 0 bridgehead atoms. The van der Waals surface area contributed by atoms with Crippen LogP contribution in [0, 0.1) is 0 Å². The summed E-state index contributed by atoms with van der Waals surface area (Å²) in [6, 6.07) is 8.85. The Balaban J connectivity index is 2.73. The van der Waals surface area contributed by atoms with Gasteiger partial charge in [-0.2, -0.15) is 0 Å². The van der Waals surface area contributed by atoms with E-state index in [0.29, 0.717) is 12.0 Å². The molecule has 0 saturated heterocycles. The summed E-state index contributed by atoms with van der Waals surface area (Å²) in [4.78, 5) is 23.7. The Labute approximate surface area is 130 Å². The van der Waals surface area contributed by atoms with E-state index in [0.717, 1.165) is 0 Å². The minimum Gasteiger partial charge on any atom is -0.446 e.